The Morgan fingerprint density at radius 1 is 1.31 bits per heavy atom. The van der Waals surface area contributed by atoms with Crippen LogP contribution in [0.3, 0.4) is 0 Å². The van der Waals surface area contributed by atoms with Gasteiger partial charge in [-0.1, -0.05) is 19.3 Å². The number of nitrogens with zero attached hydrogens (tertiary/aromatic N) is 1. The molecule has 1 amide bonds. The summed E-state index contributed by atoms with van der Waals surface area (Å²) in [4.78, 5) is 15.4. The van der Waals surface area contributed by atoms with Gasteiger partial charge in [0, 0.05) is 29.4 Å². The van der Waals surface area contributed by atoms with Gasteiger partial charge in [0.2, 0.25) is 0 Å². The van der Waals surface area contributed by atoms with E-state index in [9.17, 15) is 9.90 Å². The molecule has 6 nitrogen and oxygen atoms in total. The van der Waals surface area contributed by atoms with Gasteiger partial charge in [-0.05, 0) is 38.8 Å². The number of primary amides is 1. The fraction of sp³-hybridized carbons (Fsp3) is 0.474. The molecule has 0 saturated heterocycles. The number of hydrogen-bond donors (Lipinski definition) is 3. The first-order valence-corrected chi connectivity index (χ1v) is 9.69. The number of benzene rings is 1. The van der Waals surface area contributed by atoms with E-state index in [4.69, 9.17) is 5.73 Å². The van der Waals surface area contributed by atoms with E-state index in [-0.39, 0.29) is 11.9 Å². The van der Waals surface area contributed by atoms with Gasteiger partial charge in [-0.3, -0.25) is 0 Å². The average Bonchev–Trinajstić information content (AvgIpc) is 3.04. The lowest BCUT2D eigenvalue weighted by atomic mass is 9.90. The van der Waals surface area contributed by atoms with Crippen LogP contribution in [0, 0.1) is 0 Å². The zero-order valence-electron chi connectivity index (χ0n) is 15.3. The van der Waals surface area contributed by atoms with Gasteiger partial charge >= 0.3 is 6.09 Å². The number of phenolic OH excluding ortho intramolecular Hbond substituents is 1. The molecule has 0 aliphatic heterocycles. The third-order valence-corrected chi connectivity index (χ3v) is 5.31. The Kier molecular flexibility index (Phi) is 7.26. The third kappa shape index (κ3) is 5.91. The predicted molar refractivity (Wildman–Crippen MR) is 105 cm³/mol. The van der Waals surface area contributed by atoms with Crippen molar-refractivity contribution in [1.82, 2.24) is 4.98 Å². The van der Waals surface area contributed by atoms with Crippen LogP contribution < -0.4 is 11.5 Å². The molecule has 2 aromatic rings. The molecule has 142 valence electrons. The maximum atomic E-state index is 9.96. The van der Waals surface area contributed by atoms with Crippen molar-refractivity contribution < 1.29 is 14.6 Å². The van der Waals surface area contributed by atoms with E-state index in [1.807, 2.05) is 18.3 Å². The molecule has 1 aliphatic carbocycles. The first-order valence-electron chi connectivity index (χ1n) is 8.87. The van der Waals surface area contributed by atoms with Crippen LogP contribution in [0.2, 0.25) is 0 Å². The molecule has 7 heteroatoms. The number of hydrogen-bond acceptors (Lipinski definition) is 6. The van der Waals surface area contributed by atoms with Crippen molar-refractivity contribution >= 4 is 23.1 Å². The minimum atomic E-state index is -0.713. The summed E-state index contributed by atoms with van der Waals surface area (Å²) in [5.74, 6) is 0.849. The summed E-state index contributed by atoms with van der Waals surface area (Å²) < 4.78 is 4.39. The second-order valence-electron chi connectivity index (χ2n) is 6.66. The lowest BCUT2D eigenvalue weighted by Crippen LogP contribution is -2.17. The molecular formula is C19H27N3O3S. The van der Waals surface area contributed by atoms with Gasteiger partial charge in [0.25, 0.3) is 0 Å². The van der Waals surface area contributed by atoms with Crippen molar-refractivity contribution in [2.75, 3.05) is 5.73 Å². The summed E-state index contributed by atoms with van der Waals surface area (Å²) >= 11 is 1.70. The monoisotopic (exact) mass is 377 g/mol. The van der Waals surface area contributed by atoms with Crippen molar-refractivity contribution in [1.29, 1.82) is 0 Å². The maximum Gasteiger partial charge on any atom is 0.404 e. The van der Waals surface area contributed by atoms with Crippen molar-refractivity contribution in [3.63, 3.8) is 0 Å². The Morgan fingerprint density at radius 3 is 2.54 bits per heavy atom. The normalized spacial score (nSPS) is 14.6. The molecule has 0 atom stereocenters. The van der Waals surface area contributed by atoms with E-state index < -0.39 is 6.09 Å². The number of nitrogen functional groups attached to an aromatic ring is 1. The van der Waals surface area contributed by atoms with Gasteiger partial charge in [0.15, 0.2) is 0 Å². The number of aromatic nitrogens is 1. The molecule has 0 bridgehead atoms. The number of aromatic hydroxyl groups is 1. The van der Waals surface area contributed by atoms with Crippen LogP contribution in [0.15, 0.2) is 24.4 Å². The molecule has 1 aromatic heterocycles. The molecule has 1 aliphatic rings. The Hall–Kier alpha value is -2.28. The predicted octanol–water partition coefficient (Wildman–Crippen LogP) is 4.64. The Bertz CT molecular complexity index is 725. The summed E-state index contributed by atoms with van der Waals surface area (Å²) in [5.41, 5.74) is 11.7. The maximum absolute atomic E-state index is 9.96. The highest BCUT2D eigenvalue weighted by atomic mass is 32.1. The molecule has 1 saturated carbocycles. The standard InChI is InChI=1S/C15H18N2OS.C4H9NO2/c16-11-6-7-12(13(18)8-11)14-9-17-15(19-14)10-4-2-1-3-5-10;1-3(2)7-4(5)6/h6-10,18H,1-5,16H2;3H,1-2H3,(H2,5,6). The fourth-order valence-electron chi connectivity index (χ4n) is 2.94. The molecular weight excluding hydrogens is 350 g/mol. The molecule has 1 fully saturated rings. The lowest BCUT2D eigenvalue weighted by molar-refractivity contribution is 0.125. The summed E-state index contributed by atoms with van der Waals surface area (Å²) in [5, 5.41) is 11.2. The van der Waals surface area contributed by atoms with E-state index in [1.165, 1.54) is 37.1 Å². The number of amides is 1. The van der Waals surface area contributed by atoms with Crippen LogP contribution >= 0.6 is 11.3 Å². The molecule has 1 heterocycles. The number of thiazole rings is 1. The van der Waals surface area contributed by atoms with Gasteiger partial charge in [0.05, 0.1) is 16.0 Å². The zero-order chi connectivity index (χ0) is 19.1. The van der Waals surface area contributed by atoms with Crippen molar-refractivity contribution in [3.8, 4) is 16.2 Å². The Labute approximate surface area is 158 Å². The highest BCUT2D eigenvalue weighted by Crippen LogP contribution is 2.39. The van der Waals surface area contributed by atoms with Gasteiger partial charge in [-0.15, -0.1) is 11.3 Å². The van der Waals surface area contributed by atoms with Gasteiger partial charge in [-0.25, -0.2) is 9.78 Å². The quantitative estimate of drug-likeness (QED) is 0.675. The third-order valence-electron chi connectivity index (χ3n) is 4.12. The van der Waals surface area contributed by atoms with Gasteiger partial charge in [-0.2, -0.15) is 0 Å². The number of rotatable bonds is 3. The molecule has 0 unspecified atom stereocenters. The van der Waals surface area contributed by atoms with Crippen LogP contribution in [-0.4, -0.2) is 22.3 Å². The van der Waals surface area contributed by atoms with Crippen LogP contribution in [0.1, 0.15) is 56.9 Å². The topological polar surface area (TPSA) is 111 Å². The molecule has 5 N–H and O–H groups in total. The number of carbonyl (C=O) groups is 1. The number of ether oxygens (including phenoxy) is 1. The fourth-order valence-corrected chi connectivity index (χ4v) is 4.06. The molecule has 26 heavy (non-hydrogen) atoms. The highest BCUT2D eigenvalue weighted by Gasteiger charge is 2.19. The zero-order valence-corrected chi connectivity index (χ0v) is 16.1. The van der Waals surface area contributed by atoms with E-state index in [0.717, 1.165) is 10.4 Å². The molecule has 0 radical (unpaired) electrons. The van der Waals surface area contributed by atoms with E-state index in [0.29, 0.717) is 11.6 Å². The van der Waals surface area contributed by atoms with Gasteiger partial charge < -0.3 is 21.3 Å². The molecule has 0 spiro atoms. The van der Waals surface area contributed by atoms with Gasteiger partial charge in [0.1, 0.15) is 5.75 Å². The number of anilines is 1. The Balaban J connectivity index is 0.000000298. The number of nitrogens with two attached hydrogens (primary N) is 2. The smallest absolute Gasteiger partial charge is 0.404 e. The highest BCUT2D eigenvalue weighted by molar-refractivity contribution is 7.15. The van der Waals surface area contributed by atoms with Crippen LogP contribution in [0.25, 0.3) is 10.4 Å². The van der Waals surface area contributed by atoms with Crippen molar-refractivity contribution in [2.45, 2.75) is 58.0 Å². The second kappa shape index (κ2) is 9.43. The summed E-state index contributed by atoms with van der Waals surface area (Å²) in [6, 6.07) is 5.27. The molecule has 1 aromatic carbocycles. The van der Waals surface area contributed by atoms with E-state index in [2.05, 4.69) is 15.5 Å². The first kappa shape index (κ1) is 20.0. The van der Waals surface area contributed by atoms with E-state index >= 15 is 0 Å². The lowest BCUT2D eigenvalue weighted by Gasteiger charge is -2.18. The van der Waals surface area contributed by atoms with Crippen molar-refractivity contribution in [3.05, 3.63) is 29.4 Å². The van der Waals surface area contributed by atoms with Crippen LogP contribution in [-0.2, 0) is 4.74 Å². The molecule has 3 rings (SSSR count). The minimum absolute atomic E-state index is 0.0995. The van der Waals surface area contributed by atoms with Crippen LogP contribution in [0.4, 0.5) is 10.5 Å². The summed E-state index contributed by atoms with van der Waals surface area (Å²) in [6.45, 7) is 3.48. The largest absolute Gasteiger partial charge is 0.507 e. The van der Waals surface area contributed by atoms with E-state index in [1.54, 1.807) is 31.3 Å². The summed E-state index contributed by atoms with van der Waals surface area (Å²) in [7, 11) is 0. The van der Waals surface area contributed by atoms with Crippen LogP contribution in [0.5, 0.6) is 5.75 Å². The minimum Gasteiger partial charge on any atom is -0.507 e. The summed E-state index contributed by atoms with van der Waals surface area (Å²) in [6.07, 6.45) is 7.54. The first-order chi connectivity index (χ1) is 12.4. The number of phenols is 1. The average molecular weight is 378 g/mol. The van der Waals surface area contributed by atoms with Crippen molar-refractivity contribution in [2.24, 2.45) is 5.73 Å². The Morgan fingerprint density at radius 2 is 2.00 bits per heavy atom. The number of carbonyl (C=O) groups excluding carboxylic acids is 1. The SMILES string of the molecule is CC(C)OC(N)=O.Nc1ccc(-c2cnc(C3CCCCC3)s2)c(O)c1. The second-order valence-corrected chi connectivity index (χ2v) is 7.72.